The Morgan fingerprint density at radius 1 is 1.18 bits per heavy atom. The van der Waals surface area contributed by atoms with Crippen LogP contribution in [0.5, 0.6) is 0 Å². The molecule has 1 aromatic heterocycles. The van der Waals surface area contributed by atoms with Gasteiger partial charge in [-0.05, 0) is 32.8 Å². The zero-order valence-electron chi connectivity index (χ0n) is 16.4. The van der Waals surface area contributed by atoms with Crippen LogP contribution in [0.1, 0.15) is 62.9 Å². The fraction of sp³-hybridized carbons (Fsp3) is 0.524. The number of amides is 1. The molecule has 1 heterocycles. The van der Waals surface area contributed by atoms with Gasteiger partial charge in [-0.1, -0.05) is 43.9 Å². The lowest BCUT2D eigenvalue weighted by Crippen LogP contribution is -2.42. The van der Waals surface area contributed by atoms with Crippen LogP contribution in [0, 0.1) is 0 Å². The van der Waals surface area contributed by atoms with E-state index < -0.39 is 12.1 Å². The van der Waals surface area contributed by atoms with Crippen molar-refractivity contribution in [1.29, 1.82) is 0 Å². The van der Waals surface area contributed by atoms with Gasteiger partial charge in [0.1, 0.15) is 0 Å². The molecule has 1 aliphatic rings. The van der Waals surface area contributed by atoms with Gasteiger partial charge < -0.3 is 10.1 Å². The first-order valence-corrected chi connectivity index (χ1v) is 10.0. The number of nitrogens with zero attached hydrogens (tertiary/aromatic N) is 2. The van der Waals surface area contributed by atoms with Crippen molar-refractivity contribution in [2.75, 3.05) is 0 Å². The van der Waals surface area contributed by atoms with Crippen LogP contribution in [0.15, 0.2) is 29.1 Å². The van der Waals surface area contributed by atoms with Gasteiger partial charge in [0.05, 0.1) is 5.39 Å². The van der Waals surface area contributed by atoms with Gasteiger partial charge >= 0.3 is 5.97 Å². The number of fused-ring (bicyclic) bond motifs is 1. The Labute approximate surface area is 164 Å². The zero-order chi connectivity index (χ0) is 20.1. The van der Waals surface area contributed by atoms with Crippen LogP contribution in [-0.2, 0) is 16.1 Å². The van der Waals surface area contributed by atoms with E-state index in [0.29, 0.717) is 17.3 Å². The molecule has 7 nitrogen and oxygen atoms in total. The Kier molecular flexibility index (Phi) is 6.44. The smallest absolute Gasteiger partial charge is 0.360 e. The molecule has 1 amide bonds. The summed E-state index contributed by atoms with van der Waals surface area (Å²) in [5.74, 6) is -1.00. The standard InChI is InChI=1S/C21H27N3O4/c1-3-24-20(26)17-13-9-8-12-16(17)18(23-24)21(27)28-14(2)19(25)22-15-10-6-4-5-7-11-15/h8-9,12-15H,3-7,10-11H2,1-2H3,(H,22,25)/t14-/m1/s1. The summed E-state index contributed by atoms with van der Waals surface area (Å²) in [6.45, 7) is 3.67. The van der Waals surface area contributed by atoms with E-state index >= 15 is 0 Å². The number of benzene rings is 1. The fourth-order valence-electron chi connectivity index (χ4n) is 3.61. The van der Waals surface area contributed by atoms with Crippen molar-refractivity contribution in [3.8, 4) is 0 Å². The fourth-order valence-corrected chi connectivity index (χ4v) is 3.61. The highest BCUT2D eigenvalue weighted by Crippen LogP contribution is 2.18. The summed E-state index contributed by atoms with van der Waals surface area (Å²) in [5, 5.41) is 7.98. The molecule has 1 fully saturated rings. The lowest BCUT2D eigenvalue weighted by Gasteiger charge is -2.20. The van der Waals surface area contributed by atoms with Gasteiger partial charge in [0.25, 0.3) is 11.5 Å². The van der Waals surface area contributed by atoms with E-state index in [9.17, 15) is 14.4 Å². The minimum Gasteiger partial charge on any atom is -0.448 e. The highest BCUT2D eigenvalue weighted by atomic mass is 16.5. The number of ether oxygens (including phenoxy) is 1. The summed E-state index contributed by atoms with van der Waals surface area (Å²) in [6, 6.07) is 6.93. The normalized spacial score (nSPS) is 16.4. The molecular weight excluding hydrogens is 358 g/mol. The maximum Gasteiger partial charge on any atom is 0.360 e. The summed E-state index contributed by atoms with van der Waals surface area (Å²) < 4.78 is 6.62. The molecule has 0 radical (unpaired) electrons. The number of rotatable bonds is 5. The monoisotopic (exact) mass is 385 g/mol. The van der Waals surface area contributed by atoms with Crippen LogP contribution < -0.4 is 10.9 Å². The molecule has 0 unspecified atom stereocenters. The van der Waals surface area contributed by atoms with E-state index in [1.165, 1.54) is 17.5 Å². The minimum absolute atomic E-state index is 0.0474. The first-order chi connectivity index (χ1) is 13.5. The van der Waals surface area contributed by atoms with Crippen LogP contribution in [0.2, 0.25) is 0 Å². The van der Waals surface area contributed by atoms with Gasteiger partial charge in [-0.3, -0.25) is 9.59 Å². The molecule has 1 saturated carbocycles. The third-order valence-corrected chi connectivity index (χ3v) is 5.22. The molecule has 0 bridgehead atoms. The summed E-state index contributed by atoms with van der Waals surface area (Å²) in [4.78, 5) is 37.6. The van der Waals surface area contributed by atoms with Crippen LogP contribution in [0.4, 0.5) is 0 Å². The Balaban J connectivity index is 1.76. The molecule has 28 heavy (non-hydrogen) atoms. The zero-order valence-corrected chi connectivity index (χ0v) is 16.4. The van der Waals surface area contributed by atoms with Gasteiger partial charge in [0, 0.05) is 18.0 Å². The second-order valence-corrected chi connectivity index (χ2v) is 7.26. The molecule has 0 spiro atoms. The van der Waals surface area contributed by atoms with Gasteiger partial charge in [-0.15, -0.1) is 0 Å². The van der Waals surface area contributed by atoms with E-state index in [0.717, 1.165) is 25.7 Å². The van der Waals surface area contributed by atoms with Crippen LogP contribution in [0.3, 0.4) is 0 Å². The summed E-state index contributed by atoms with van der Waals surface area (Å²) >= 11 is 0. The van der Waals surface area contributed by atoms with Gasteiger partial charge in [-0.25, -0.2) is 9.48 Å². The van der Waals surface area contributed by atoms with Crippen molar-refractivity contribution in [2.45, 2.75) is 71.1 Å². The van der Waals surface area contributed by atoms with Crippen molar-refractivity contribution in [1.82, 2.24) is 15.1 Å². The number of aromatic nitrogens is 2. The molecule has 2 aromatic rings. The van der Waals surface area contributed by atoms with Crippen molar-refractivity contribution >= 4 is 22.6 Å². The Morgan fingerprint density at radius 3 is 2.46 bits per heavy atom. The molecular formula is C21H27N3O4. The first-order valence-electron chi connectivity index (χ1n) is 10.0. The van der Waals surface area contributed by atoms with Crippen LogP contribution in [-0.4, -0.2) is 33.8 Å². The number of hydrogen-bond donors (Lipinski definition) is 1. The molecule has 3 rings (SSSR count). The molecule has 0 aliphatic heterocycles. The maximum absolute atomic E-state index is 12.7. The predicted molar refractivity (Wildman–Crippen MR) is 106 cm³/mol. The average molecular weight is 385 g/mol. The third-order valence-electron chi connectivity index (χ3n) is 5.22. The largest absolute Gasteiger partial charge is 0.448 e. The van der Waals surface area contributed by atoms with Crippen LogP contribution in [0.25, 0.3) is 10.8 Å². The van der Waals surface area contributed by atoms with Crippen molar-refractivity contribution in [2.24, 2.45) is 0 Å². The Morgan fingerprint density at radius 2 is 1.82 bits per heavy atom. The molecule has 7 heteroatoms. The summed E-state index contributed by atoms with van der Waals surface area (Å²) in [5.41, 5.74) is -0.208. The van der Waals surface area contributed by atoms with Crippen molar-refractivity contribution in [3.63, 3.8) is 0 Å². The Hall–Kier alpha value is -2.70. The van der Waals surface area contributed by atoms with Crippen molar-refractivity contribution < 1.29 is 14.3 Å². The molecule has 1 N–H and O–H groups in total. The highest BCUT2D eigenvalue weighted by Gasteiger charge is 2.25. The second-order valence-electron chi connectivity index (χ2n) is 7.26. The van der Waals surface area contributed by atoms with E-state index in [2.05, 4.69) is 10.4 Å². The molecule has 1 atom stereocenters. The molecule has 0 saturated heterocycles. The SMILES string of the molecule is CCn1nc(C(=O)O[C@H](C)C(=O)NC2CCCCCC2)c2ccccc2c1=O. The second kappa shape index (κ2) is 8.99. The molecule has 150 valence electrons. The average Bonchev–Trinajstić information content (AvgIpc) is 2.97. The molecule has 1 aromatic carbocycles. The summed E-state index contributed by atoms with van der Waals surface area (Å²) in [7, 11) is 0. The van der Waals surface area contributed by atoms with E-state index in [4.69, 9.17) is 4.74 Å². The van der Waals surface area contributed by atoms with Crippen molar-refractivity contribution in [3.05, 3.63) is 40.3 Å². The topological polar surface area (TPSA) is 90.3 Å². The number of hydrogen-bond acceptors (Lipinski definition) is 5. The van der Waals surface area contributed by atoms with Gasteiger partial charge in [0.2, 0.25) is 0 Å². The maximum atomic E-state index is 12.7. The number of nitrogens with one attached hydrogen (secondary N) is 1. The Bertz CT molecular complexity index is 913. The quantitative estimate of drug-likeness (QED) is 0.631. The van der Waals surface area contributed by atoms with E-state index in [-0.39, 0.29) is 23.2 Å². The van der Waals surface area contributed by atoms with E-state index in [1.54, 1.807) is 38.1 Å². The van der Waals surface area contributed by atoms with E-state index in [1.807, 2.05) is 0 Å². The first kappa shape index (κ1) is 20.0. The predicted octanol–water partition coefficient (Wildman–Crippen LogP) is 2.80. The number of carbonyl (C=O) groups excluding carboxylic acids is 2. The number of carbonyl (C=O) groups is 2. The van der Waals surface area contributed by atoms with Crippen LogP contribution >= 0.6 is 0 Å². The lowest BCUT2D eigenvalue weighted by atomic mass is 10.1. The highest BCUT2D eigenvalue weighted by molar-refractivity contribution is 6.02. The van der Waals surface area contributed by atoms with Gasteiger partial charge in [-0.2, -0.15) is 5.10 Å². The third kappa shape index (κ3) is 4.40. The van der Waals surface area contributed by atoms with Gasteiger partial charge in [0.15, 0.2) is 11.8 Å². The minimum atomic E-state index is -0.932. The molecule has 1 aliphatic carbocycles. The number of aryl methyl sites for hydroxylation is 1. The lowest BCUT2D eigenvalue weighted by molar-refractivity contribution is -0.129. The summed E-state index contributed by atoms with van der Waals surface area (Å²) in [6.07, 6.45) is 5.59. The number of esters is 1.